The summed E-state index contributed by atoms with van der Waals surface area (Å²) in [5.41, 5.74) is 0.0228. The van der Waals surface area contributed by atoms with Crippen LogP contribution < -0.4 is 0 Å². The van der Waals surface area contributed by atoms with Crippen LogP contribution in [0.3, 0.4) is 0 Å². The minimum Gasteiger partial charge on any atom is -0.332 e. The monoisotopic (exact) mass is 181 g/mol. The maximum absolute atomic E-state index is 10.3. The maximum atomic E-state index is 10.3. The first-order valence-corrected chi connectivity index (χ1v) is 3.34. The number of hydrogen-bond donors (Lipinski definition) is 1. The van der Waals surface area contributed by atoms with Crippen molar-refractivity contribution in [3.05, 3.63) is 32.6 Å². The molecule has 6 heteroatoms. The molecule has 0 radical (unpaired) electrons. The quantitative estimate of drug-likeness (QED) is 0.404. The van der Waals surface area contributed by atoms with Crippen molar-refractivity contribution in [1.82, 2.24) is 4.98 Å². The number of nitrogens with one attached hydrogen (secondary N) is 1. The van der Waals surface area contributed by atoms with Gasteiger partial charge in [0, 0.05) is 6.07 Å². The molecule has 5 nitrogen and oxygen atoms in total. The smallest absolute Gasteiger partial charge is 0.303 e. The molecule has 0 aliphatic rings. The number of nitro groups is 1. The van der Waals surface area contributed by atoms with Gasteiger partial charge in [0.15, 0.2) is 4.64 Å². The largest absolute Gasteiger partial charge is 0.332 e. The molecule has 1 aromatic rings. The molecule has 60 valence electrons. The van der Waals surface area contributed by atoms with E-state index in [1.54, 1.807) is 6.07 Å². The molecule has 1 rings (SSSR count). The number of rotatable bonds is 1. The Labute approximate surface area is 72.4 Å². The molecule has 0 aliphatic heterocycles. The molecule has 1 aromatic heterocycles. The molecule has 0 saturated heterocycles. The first kappa shape index (κ1) is 8.36. The molecule has 0 amide bonds. The van der Waals surface area contributed by atoms with Crippen molar-refractivity contribution in [2.24, 2.45) is 0 Å². The van der Waals surface area contributed by atoms with E-state index in [1.165, 1.54) is 12.1 Å². The molecule has 0 aliphatic carbocycles. The van der Waals surface area contributed by atoms with E-state index in [0.717, 1.165) is 0 Å². The lowest BCUT2D eigenvalue weighted by Gasteiger charge is -1.91. The van der Waals surface area contributed by atoms with E-state index < -0.39 is 4.92 Å². The maximum Gasteiger partial charge on any atom is 0.303 e. The zero-order chi connectivity index (χ0) is 9.14. The van der Waals surface area contributed by atoms with Crippen molar-refractivity contribution in [2.75, 3.05) is 0 Å². The van der Waals surface area contributed by atoms with E-state index >= 15 is 0 Å². The molecule has 0 fully saturated rings. The molecule has 0 spiro atoms. The normalized spacial score (nSPS) is 8.92. The van der Waals surface area contributed by atoms with Crippen molar-refractivity contribution in [3.8, 4) is 6.07 Å². The Hall–Kier alpha value is -1.74. The molecule has 0 aromatic carbocycles. The van der Waals surface area contributed by atoms with Crippen molar-refractivity contribution in [3.63, 3.8) is 0 Å². The fraction of sp³-hybridized carbons (Fsp3) is 0. The lowest BCUT2D eigenvalue weighted by molar-refractivity contribution is -0.385. The molecule has 1 heterocycles. The van der Waals surface area contributed by atoms with Gasteiger partial charge >= 0.3 is 5.69 Å². The number of nitrogens with zero attached hydrogens (tertiary/aromatic N) is 2. The summed E-state index contributed by atoms with van der Waals surface area (Å²) in [6.07, 6.45) is 0. The van der Waals surface area contributed by atoms with Crippen LogP contribution in [0.15, 0.2) is 12.1 Å². The van der Waals surface area contributed by atoms with Crippen LogP contribution in [0.5, 0.6) is 0 Å². The molecule has 0 atom stereocenters. The Bertz CT molecular complexity index is 418. The second-order valence-electron chi connectivity index (χ2n) is 1.96. The van der Waals surface area contributed by atoms with Gasteiger partial charge < -0.3 is 4.98 Å². The van der Waals surface area contributed by atoms with Gasteiger partial charge in [0.05, 0.1) is 4.92 Å². The van der Waals surface area contributed by atoms with Crippen LogP contribution in [0.25, 0.3) is 0 Å². The zero-order valence-electron chi connectivity index (χ0n) is 5.77. The first-order chi connectivity index (χ1) is 5.65. The summed E-state index contributed by atoms with van der Waals surface area (Å²) < 4.78 is -0.0287. The number of pyridine rings is 1. The highest BCUT2D eigenvalue weighted by molar-refractivity contribution is 7.71. The van der Waals surface area contributed by atoms with Gasteiger partial charge in [0.2, 0.25) is 0 Å². The van der Waals surface area contributed by atoms with E-state index in [1.807, 2.05) is 0 Å². The van der Waals surface area contributed by atoms with Crippen LogP contribution in [-0.4, -0.2) is 9.91 Å². The second-order valence-corrected chi connectivity index (χ2v) is 2.36. The van der Waals surface area contributed by atoms with Gasteiger partial charge in [-0.3, -0.25) is 10.1 Å². The summed E-state index contributed by atoms with van der Waals surface area (Å²) in [5.74, 6) is 0. The van der Waals surface area contributed by atoms with E-state index in [9.17, 15) is 10.1 Å². The van der Waals surface area contributed by atoms with Crippen LogP contribution >= 0.6 is 12.2 Å². The Morgan fingerprint density at radius 1 is 1.67 bits per heavy atom. The highest BCUT2D eigenvalue weighted by atomic mass is 32.1. The van der Waals surface area contributed by atoms with E-state index in [2.05, 4.69) is 17.2 Å². The number of aromatic nitrogens is 1. The molecule has 1 N–H and O–H groups in total. The standard InChI is InChI=1S/C6H3N3O2S/c7-3-4-1-2-5(9(10)11)6(12)8-4/h1-2H,(H,8,12). The summed E-state index contributed by atoms with van der Waals surface area (Å²) in [6, 6.07) is 4.31. The summed E-state index contributed by atoms with van der Waals surface area (Å²) >= 11 is 4.63. The molecule has 0 bridgehead atoms. The summed E-state index contributed by atoms with van der Waals surface area (Å²) in [6.45, 7) is 0. The Balaban J connectivity index is 3.33. The zero-order valence-corrected chi connectivity index (χ0v) is 6.59. The Kier molecular flexibility index (Phi) is 2.16. The molecule has 12 heavy (non-hydrogen) atoms. The predicted octanol–water partition coefficient (Wildman–Crippen LogP) is 1.52. The highest BCUT2D eigenvalue weighted by Crippen LogP contribution is 2.11. The van der Waals surface area contributed by atoms with Crippen molar-refractivity contribution >= 4 is 17.9 Å². The van der Waals surface area contributed by atoms with Gasteiger partial charge in [-0.15, -0.1) is 0 Å². The molecular formula is C6H3N3O2S. The van der Waals surface area contributed by atoms with E-state index in [0.29, 0.717) is 0 Å². The molecule has 0 unspecified atom stereocenters. The van der Waals surface area contributed by atoms with Crippen LogP contribution in [0.2, 0.25) is 0 Å². The van der Waals surface area contributed by atoms with Crippen LogP contribution in [0.1, 0.15) is 5.69 Å². The number of hydrogen-bond acceptors (Lipinski definition) is 4. The third-order valence-electron chi connectivity index (χ3n) is 1.21. The third kappa shape index (κ3) is 1.46. The van der Waals surface area contributed by atoms with Gasteiger partial charge in [-0.2, -0.15) is 5.26 Å². The van der Waals surface area contributed by atoms with Gasteiger partial charge in [-0.05, 0) is 6.07 Å². The second kappa shape index (κ2) is 3.11. The SMILES string of the molecule is N#Cc1ccc([N+](=O)[O-])c(=S)[nH]1. The lowest BCUT2D eigenvalue weighted by Crippen LogP contribution is -1.92. The fourth-order valence-corrected chi connectivity index (χ4v) is 0.927. The number of H-pyrrole nitrogens is 1. The Morgan fingerprint density at radius 3 is 2.75 bits per heavy atom. The van der Waals surface area contributed by atoms with Gasteiger partial charge in [-0.1, -0.05) is 12.2 Å². The van der Waals surface area contributed by atoms with E-state index in [-0.39, 0.29) is 16.0 Å². The Morgan fingerprint density at radius 2 is 2.33 bits per heavy atom. The summed E-state index contributed by atoms with van der Waals surface area (Å²) in [4.78, 5) is 12.1. The summed E-state index contributed by atoms with van der Waals surface area (Å²) in [5, 5.41) is 18.7. The lowest BCUT2D eigenvalue weighted by atomic mass is 10.3. The van der Waals surface area contributed by atoms with Crippen molar-refractivity contribution in [2.45, 2.75) is 0 Å². The van der Waals surface area contributed by atoms with Crippen LogP contribution in [0.4, 0.5) is 5.69 Å². The van der Waals surface area contributed by atoms with Gasteiger partial charge in [0.1, 0.15) is 11.8 Å². The van der Waals surface area contributed by atoms with Crippen LogP contribution in [-0.2, 0) is 0 Å². The molecular weight excluding hydrogens is 178 g/mol. The topological polar surface area (TPSA) is 82.7 Å². The van der Waals surface area contributed by atoms with Crippen LogP contribution in [0, 0.1) is 26.1 Å². The van der Waals surface area contributed by atoms with Crippen molar-refractivity contribution < 1.29 is 4.92 Å². The molecule has 0 saturated carbocycles. The number of aromatic amines is 1. The summed E-state index contributed by atoms with van der Waals surface area (Å²) in [7, 11) is 0. The average molecular weight is 181 g/mol. The number of nitriles is 1. The predicted molar refractivity (Wildman–Crippen MR) is 43.0 cm³/mol. The third-order valence-corrected chi connectivity index (χ3v) is 1.52. The van der Waals surface area contributed by atoms with E-state index in [4.69, 9.17) is 5.26 Å². The first-order valence-electron chi connectivity index (χ1n) is 2.93. The minimum atomic E-state index is -0.597. The van der Waals surface area contributed by atoms with Gasteiger partial charge in [-0.25, -0.2) is 0 Å². The fourth-order valence-electron chi connectivity index (χ4n) is 0.675. The van der Waals surface area contributed by atoms with Gasteiger partial charge in [0.25, 0.3) is 0 Å². The average Bonchev–Trinajstić information content (AvgIpc) is 2.03. The highest BCUT2D eigenvalue weighted by Gasteiger charge is 2.07. The van der Waals surface area contributed by atoms with Crippen molar-refractivity contribution in [1.29, 1.82) is 5.26 Å². The minimum absolute atomic E-state index is 0.0287.